The van der Waals surface area contributed by atoms with Crippen LogP contribution in [-0.4, -0.2) is 53.3 Å². The number of anilines is 1. The molecule has 1 saturated carbocycles. The van der Waals surface area contributed by atoms with Crippen molar-refractivity contribution in [2.24, 2.45) is 0 Å². The first-order valence-corrected chi connectivity index (χ1v) is 7.79. The molecule has 1 aliphatic heterocycles. The first kappa shape index (κ1) is 13.9. The van der Waals surface area contributed by atoms with Crippen molar-refractivity contribution in [3.05, 3.63) is 11.9 Å². The molecule has 0 spiro atoms. The third kappa shape index (κ3) is 3.33. The number of methoxy groups -OCH3 is 1. The molecular weight excluding hydrogens is 252 g/mol. The normalized spacial score (nSPS) is 23.4. The van der Waals surface area contributed by atoms with Gasteiger partial charge in [0, 0.05) is 51.6 Å². The maximum atomic E-state index is 5.13. The number of aryl methyl sites for hydroxylation is 2. The van der Waals surface area contributed by atoms with Crippen LogP contribution >= 0.6 is 0 Å². The quantitative estimate of drug-likeness (QED) is 0.773. The van der Waals surface area contributed by atoms with Gasteiger partial charge in [0.1, 0.15) is 0 Å². The Morgan fingerprint density at radius 3 is 3.00 bits per heavy atom. The Bertz CT molecular complexity index is 441. The molecule has 2 heterocycles. The summed E-state index contributed by atoms with van der Waals surface area (Å²) in [4.78, 5) is 7.26. The predicted octanol–water partition coefficient (Wildman–Crippen LogP) is 1.88. The van der Waals surface area contributed by atoms with Gasteiger partial charge in [-0.3, -0.25) is 4.90 Å². The fourth-order valence-corrected chi connectivity index (χ4v) is 3.07. The molecule has 1 unspecified atom stereocenters. The van der Waals surface area contributed by atoms with E-state index in [0.717, 1.165) is 37.3 Å². The van der Waals surface area contributed by atoms with Crippen molar-refractivity contribution in [1.82, 2.24) is 14.5 Å². The topological polar surface area (TPSA) is 42.3 Å². The Hall–Kier alpha value is -1.07. The number of hydrogen-bond donors (Lipinski definition) is 1. The van der Waals surface area contributed by atoms with Gasteiger partial charge < -0.3 is 14.6 Å². The van der Waals surface area contributed by atoms with E-state index in [1.807, 2.05) is 0 Å². The monoisotopic (exact) mass is 278 g/mol. The van der Waals surface area contributed by atoms with Gasteiger partial charge in [-0.2, -0.15) is 0 Å². The zero-order chi connectivity index (χ0) is 13.9. The maximum absolute atomic E-state index is 5.13. The highest BCUT2D eigenvalue weighted by molar-refractivity contribution is 5.31. The summed E-state index contributed by atoms with van der Waals surface area (Å²) >= 11 is 0. The number of rotatable bonds is 7. The molecular formula is C15H26N4O. The molecule has 0 radical (unpaired) electrons. The third-order valence-corrected chi connectivity index (χ3v) is 4.26. The van der Waals surface area contributed by atoms with E-state index in [2.05, 4.69) is 32.9 Å². The molecule has 0 amide bonds. The molecule has 3 rings (SSSR count). The highest BCUT2D eigenvalue weighted by atomic mass is 16.5. The summed E-state index contributed by atoms with van der Waals surface area (Å²) in [6.45, 7) is 6.25. The third-order valence-electron chi connectivity index (χ3n) is 4.26. The van der Waals surface area contributed by atoms with Crippen LogP contribution in [0, 0.1) is 6.92 Å². The van der Waals surface area contributed by atoms with Crippen LogP contribution in [0.15, 0.2) is 6.20 Å². The molecule has 2 fully saturated rings. The molecule has 5 heteroatoms. The summed E-state index contributed by atoms with van der Waals surface area (Å²) in [5, 5.41) is 3.64. The highest BCUT2D eigenvalue weighted by Gasteiger charge is 2.34. The van der Waals surface area contributed by atoms with Gasteiger partial charge in [-0.05, 0) is 32.6 Å². The maximum Gasteiger partial charge on any atom is 0.203 e. The highest BCUT2D eigenvalue weighted by Crippen LogP contribution is 2.30. The summed E-state index contributed by atoms with van der Waals surface area (Å²) < 4.78 is 7.36. The van der Waals surface area contributed by atoms with Crippen LogP contribution in [0.4, 0.5) is 5.95 Å². The molecule has 20 heavy (non-hydrogen) atoms. The minimum Gasteiger partial charge on any atom is -0.385 e. The molecule has 5 nitrogen and oxygen atoms in total. The molecule has 112 valence electrons. The average molecular weight is 278 g/mol. The van der Waals surface area contributed by atoms with Crippen molar-refractivity contribution in [3.63, 3.8) is 0 Å². The number of imidazole rings is 1. The van der Waals surface area contributed by atoms with Crippen LogP contribution in [0.2, 0.25) is 0 Å². The lowest BCUT2D eigenvalue weighted by Crippen LogP contribution is -2.28. The van der Waals surface area contributed by atoms with Crippen LogP contribution in [-0.2, 0) is 11.3 Å². The number of aromatic nitrogens is 2. The average Bonchev–Trinajstić information content (AvgIpc) is 3.08. The molecule has 2 aliphatic rings. The lowest BCUT2D eigenvalue weighted by atomic mass is 10.3. The van der Waals surface area contributed by atoms with Crippen LogP contribution in [0.1, 0.15) is 31.4 Å². The summed E-state index contributed by atoms with van der Waals surface area (Å²) in [7, 11) is 1.75. The van der Waals surface area contributed by atoms with Crippen molar-refractivity contribution >= 4 is 5.95 Å². The van der Waals surface area contributed by atoms with Gasteiger partial charge in [-0.15, -0.1) is 0 Å². The van der Waals surface area contributed by atoms with Crippen LogP contribution in [0.5, 0.6) is 0 Å². The van der Waals surface area contributed by atoms with Gasteiger partial charge in [0.05, 0.1) is 5.69 Å². The van der Waals surface area contributed by atoms with E-state index in [4.69, 9.17) is 4.74 Å². The van der Waals surface area contributed by atoms with E-state index >= 15 is 0 Å². The van der Waals surface area contributed by atoms with Crippen molar-refractivity contribution in [2.75, 3.05) is 32.1 Å². The van der Waals surface area contributed by atoms with E-state index < -0.39 is 0 Å². The SMILES string of the molecule is COCCCn1cc(C)nc1NC1CCN(C2CC2)C1. The smallest absolute Gasteiger partial charge is 0.203 e. The first-order chi connectivity index (χ1) is 9.76. The standard InChI is InChI=1S/C15H26N4O/c1-12-10-19(7-3-9-20-2)15(16-12)17-13-6-8-18(11-13)14-4-5-14/h10,13-14H,3-9,11H2,1-2H3,(H,16,17). The van der Waals surface area contributed by atoms with Gasteiger partial charge in [0.2, 0.25) is 5.95 Å². The number of nitrogens with zero attached hydrogens (tertiary/aromatic N) is 3. The minimum atomic E-state index is 0.554. The zero-order valence-electron chi connectivity index (χ0n) is 12.6. The molecule has 1 aliphatic carbocycles. The van der Waals surface area contributed by atoms with E-state index in [-0.39, 0.29) is 0 Å². The van der Waals surface area contributed by atoms with Crippen molar-refractivity contribution in [2.45, 2.75) is 51.2 Å². The number of ether oxygens (including phenoxy) is 1. The van der Waals surface area contributed by atoms with E-state index in [9.17, 15) is 0 Å². The zero-order valence-corrected chi connectivity index (χ0v) is 12.6. The second kappa shape index (κ2) is 6.14. The summed E-state index contributed by atoms with van der Waals surface area (Å²) in [6, 6.07) is 1.43. The Morgan fingerprint density at radius 2 is 2.25 bits per heavy atom. The Balaban J connectivity index is 1.56. The van der Waals surface area contributed by atoms with Gasteiger partial charge in [0.15, 0.2) is 0 Å². The molecule has 1 saturated heterocycles. The summed E-state index contributed by atoms with van der Waals surface area (Å²) in [6.07, 6.45) is 7.20. The molecule has 1 aromatic rings. The molecule has 1 aromatic heterocycles. The van der Waals surface area contributed by atoms with Crippen molar-refractivity contribution < 1.29 is 4.74 Å². The van der Waals surface area contributed by atoms with Crippen molar-refractivity contribution in [3.8, 4) is 0 Å². The fourth-order valence-electron chi connectivity index (χ4n) is 3.07. The van der Waals surface area contributed by atoms with Crippen LogP contribution < -0.4 is 5.32 Å². The molecule has 0 aromatic carbocycles. The predicted molar refractivity (Wildman–Crippen MR) is 80.1 cm³/mol. The Labute approximate surface area is 121 Å². The molecule has 1 N–H and O–H groups in total. The van der Waals surface area contributed by atoms with Crippen LogP contribution in [0.25, 0.3) is 0 Å². The second-order valence-corrected chi connectivity index (χ2v) is 6.10. The summed E-state index contributed by atoms with van der Waals surface area (Å²) in [5.41, 5.74) is 1.09. The Morgan fingerprint density at radius 1 is 1.40 bits per heavy atom. The van der Waals surface area contributed by atoms with Gasteiger partial charge in [-0.25, -0.2) is 4.98 Å². The Kier molecular flexibility index (Phi) is 4.27. The van der Waals surface area contributed by atoms with E-state index in [1.54, 1.807) is 7.11 Å². The summed E-state index contributed by atoms with van der Waals surface area (Å²) in [5.74, 6) is 1.03. The van der Waals surface area contributed by atoms with Crippen molar-refractivity contribution in [1.29, 1.82) is 0 Å². The first-order valence-electron chi connectivity index (χ1n) is 7.79. The molecule has 1 atom stereocenters. The van der Waals surface area contributed by atoms with Crippen LogP contribution in [0.3, 0.4) is 0 Å². The molecule has 0 bridgehead atoms. The lowest BCUT2D eigenvalue weighted by Gasteiger charge is -2.17. The van der Waals surface area contributed by atoms with Gasteiger partial charge >= 0.3 is 0 Å². The number of hydrogen-bond acceptors (Lipinski definition) is 4. The minimum absolute atomic E-state index is 0.554. The number of nitrogens with one attached hydrogen (secondary N) is 1. The van der Waals surface area contributed by atoms with E-state index in [1.165, 1.54) is 32.4 Å². The van der Waals surface area contributed by atoms with Gasteiger partial charge in [0.25, 0.3) is 0 Å². The largest absolute Gasteiger partial charge is 0.385 e. The van der Waals surface area contributed by atoms with Gasteiger partial charge in [-0.1, -0.05) is 0 Å². The fraction of sp³-hybridized carbons (Fsp3) is 0.800. The number of likely N-dealkylation sites (tertiary alicyclic amines) is 1. The van der Waals surface area contributed by atoms with E-state index in [0.29, 0.717) is 6.04 Å². The lowest BCUT2D eigenvalue weighted by molar-refractivity contribution is 0.190. The second-order valence-electron chi connectivity index (χ2n) is 6.10.